The molecule has 0 aliphatic rings. The zero-order chi connectivity index (χ0) is 17.8. The van der Waals surface area contributed by atoms with E-state index in [4.69, 9.17) is 14.3 Å². The van der Waals surface area contributed by atoms with E-state index in [1.807, 2.05) is 5.38 Å². The van der Waals surface area contributed by atoms with Gasteiger partial charge >= 0.3 is 5.97 Å². The molecule has 0 aromatic carbocycles. The van der Waals surface area contributed by atoms with Crippen molar-refractivity contribution < 1.29 is 19.1 Å². The van der Waals surface area contributed by atoms with Gasteiger partial charge < -0.3 is 14.3 Å². The lowest BCUT2D eigenvalue weighted by Gasteiger charge is -2.12. The van der Waals surface area contributed by atoms with E-state index in [2.05, 4.69) is 4.98 Å². The molecule has 0 aliphatic heterocycles. The van der Waals surface area contributed by atoms with Crippen LogP contribution >= 0.6 is 11.3 Å². The summed E-state index contributed by atoms with van der Waals surface area (Å²) >= 11 is 1.39. The number of nitrogens with zero attached hydrogens (tertiary/aromatic N) is 2. The normalized spacial score (nSPS) is 11.2. The molecule has 0 unspecified atom stereocenters. The molecule has 0 aliphatic carbocycles. The highest BCUT2D eigenvalue weighted by atomic mass is 32.1. The number of thiophene rings is 1. The number of hydrogen-bond acceptors (Lipinski definition) is 6. The molecule has 25 heavy (non-hydrogen) atoms. The quantitative estimate of drug-likeness (QED) is 0.662. The summed E-state index contributed by atoms with van der Waals surface area (Å²) in [5.41, 5.74) is 0.543. The minimum absolute atomic E-state index is 0.00285. The van der Waals surface area contributed by atoms with E-state index >= 15 is 0 Å². The number of aromatic nitrogens is 2. The number of hydrogen-bond donors (Lipinski definition) is 1. The number of carbonyl (C=O) groups is 1. The Labute approximate surface area is 147 Å². The second-order valence-corrected chi connectivity index (χ2v) is 6.39. The first-order valence-electron chi connectivity index (χ1n) is 7.87. The molecule has 0 spiro atoms. The largest absolute Gasteiger partial charge is 0.481 e. The molecule has 8 heteroatoms. The number of carboxylic acids is 1. The number of fused-ring (bicyclic) bond motifs is 1. The Morgan fingerprint density at radius 1 is 1.48 bits per heavy atom. The second-order valence-electron chi connectivity index (χ2n) is 5.53. The molecule has 3 rings (SSSR count). The predicted molar refractivity (Wildman–Crippen MR) is 94.0 cm³/mol. The van der Waals surface area contributed by atoms with Gasteiger partial charge in [0.25, 0.3) is 5.56 Å². The molecule has 3 aromatic rings. The molecule has 3 aromatic heterocycles. The average molecular weight is 362 g/mol. The number of methoxy groups -OCH3 is 1. The van der Waals surface area contributed by atoms with Gasteiger partial charge in [0, 0.05) is 37.4 Å². The van der Waals surface area contributed by atoms with Crippen LogP contribution < -0.4 is 5.56 Å². The second kappa shape index (κ2) is 7.62. The summed E-state index contributed by atoms with van der Waals surface area (Å²) in [4.78, 5) is 29.1. The molecule has 0 fully saturated rings. The lowest BCUT2D eigenvalue weighted by molar-refractivity contribution is -0.137. The summed E-state index contributed by atoms with van der Waals surface area (Å²) in [7, 11) is 1.59. The molecular weight excluding hydrogens is 344 g/mol. The number of carboxylic acid groups (broad SMARTS) is 1. The summed E-state index contributed by atoms with van der Waals surface area (Å²) in [5.74, 6) is 0.344. The van der Waals surface area contributed by atoms with Crippen molar-refractivity contribution in [3.63, 3.8) is 0 Å². The monoisotopic (exact) mass is 362 g/mol. The molecule has 0 bridgehead atoms. The van der Waals surface area contributed by atoms with Gasteiger partial charge in [-0.05, 0) is 18.6 Å². The van der Waals surface area contributed by atoms with Crippen LogP contribution in [0.1, 0.15) is 18.7 Å². The third kappa shape index (κ3) is 3.64. The van der Waals surface area contributed by atoms with Crippen molar-refractivity contribution in [3.8, 4) is 11.3 Å². The highest BCUT2D eigenvalue weighted by Gasteiger charge is 2.18. The smallest absolute Gasteiger partial charge is 0.303 e. The van der Waals surface area contributed by atoms with E-state index in [0.29, 0.717) is 53.4 Å². The topological polar surface area (TPSA) is 94.6 Å². The molecule has 0 amide bonds. The van der Waals surface area contributed by atoms with Crippen LogP contribution in [0.4, 0.5) is 0 Å². The first-order chi connectivity index (χ1) is 12.1. The zero-order valence-corrected chi connectivity index (χ0v) is 14.5. The molecule has 1 N–H and O–H groups in total. The SMILES string of the molecule is COCCc1nc2scc(-c3ccco3)c2c(=O)n1CCCC(=O)O. The lowest BCUT2D eigenvalue weighted by Crippen LogP contribution is -2.26. The highest BCUT2D eigenvalue weighted by Crippen LogP contribution is 2.31. The van der Waals surface area contributed by atoms with Gasteiger partial charge in [0.2, 0.25) is 0 Å². The Kier molecular flexibility index (Phi) is 5.30. The standard InChI is InChI=1S/C17H18N2O5S/c1-23-9-6-13-18-16-15(11(10-25-16)12-4-3-8-24-12)17(22)19(13)7-2-5-14(20)21/h3-4,8,10H,2,5-7,9H2,1H3,(H,20,21). The number of rotatable bonds is 8. The molecule has 7 nitrogen and oxygen atoms in total. The Bertz CT molecular complexity index is 927. The van der Waals surface area contributed by atoms with Gasteiger partial charge in [-0.3, -0.25) is 14.2 Å². The number of ether oxygens (including phenoxy) is 1. The van der Waals surface area contributed by atoms with Gasteiger partial charge in [0.1, 0.15) is 16.4 Å². The third-order valence-corrected chi connectivity index (χ3v) is 4.73. The van der Waals surface area contributed by atoms with Crippen LogP contribution in [-0.2, 0) is 22.5 Å². The van der Waals surface area contributed by atoms with Gasteiger partial charge in [-0.1, -0.05) is 0 Å². The van der Waals surface area contributed by atoms with Crippen molar-refractivity contribution in [2.45, 2.75) is 25.8 Å². The van der Waals surface area contributed by atoms with Gasteiger partial charge in [-0.25, -0.2) is 4.98 Å². The Morgan fingerprint density at radius 3 is 3.00 bits per heavy atom. The molecular formula is C17H18N2O5S. The molecule has 3 heterocycles. The first kappa shape index (κ1) is 17.4. The van der Waals surface area contributed by atoms with E-state index in [9.17, 15) is 9.59 Å². The van der Waals surface area contributed by atoms with Crippen LogP contribution in [0.3, 0.4) is 0 Å². The predicted octanol–water partition coefficient (Wildman–Crippen LogP) is 2.77. The van der Waals surface area contributed by atoms with E-state index in [1.54, 1.807) is 30.1 Å². The van der Waals surface area contributed by atoms with Gasteiger partial charge in [0.15, 0.2) is 0 Å². The van der Waals surface area contributed by atoms with Gasteiger partial charge in [0.05, 0.1) is 18.3 Å². The molecule has 132 valence electrons. The number of aliphatic carboxylic acids is 1. The first-order valence-corrected chi connectivity index (χ1v) is 8.75. The van der Waals surface area contributed by atoms with Crippen LogP contribution in [0.25, 0.3) is 21.5 Å². The van der Waals surface area contributed by atoms with E-state index < -0.39 is 5.97 Å². The Hall–Kier alpha value is -2.45. The van der Waals surface area contributed by atoms with Crippen LogP contribution in [0, 0.1) is 0 Å². The zero-order valence-electron chi connectivity index (χ0n) is 13.7. The molecule has 0 saturated heterocycles. The fraction of sp³-hybridized carbons (Fsp3) is 0.353. The maximum absolute atomic E-state index is 13.1. The van der Waals surface area contributed by atoms with Crippen molar-refractivity contribution in [1.82, 2.24) is 9.55 Å². The van der Waals surface area contributed by atoms with E-state index in [-0.39, 0.29) is 12.0 Å². The minimum atomic E-state index is -0.882. The maximum Gasteiger partial charge on any atom is 0.303 e. The summed E-state index contributed by atoms with van der Waals surface area (Å²) in [6.45, 7) is 0.744. The minimum Gasteiger partial charge on any atom is -0.481 e. The molecule has 0 radical (unpaired) electrons. The fourth-order valence-electron chi connectivity index (χ4n) is 2.68. The summed E-state index contributed by atoms with van der Waals surface area (Å²) in [6, 6.07) is 3.57. The van der Waals surface area contributed by atoms with Crippen LogP contribution in [0.5, 0.6) is 0 Å². The average Bonchev–Trinajstić information content (AvgIpc) is 3.23. The highest BCUT2D eigenvalue weighted by molar-refractivity contribution is 7.17. The Balaban J connectivity index is 2.08. The maximum atomic E-state index is 13.1. The summed E-state index contributed by atoms with van der Waals surface area (Å²) in [5, 5.41) is 11.2. The van der Waals surface area contributed by atoms with Crippen LogP contribution in [0.15, 0.2) is 33.0 Å². The van der Waals surface area contributed by atoms with Crippen molar-refractivity contribution in [2.75, 3.05) is 13.7 Å². The summed E-state index contributed by atoms with van der Waals surface area (Å²) < 4.78 is 12.1. The van der Waals surface area contributed by atoms with Crippen LogP contribution in [-0.4, -0.2) is 34.3 Å². The molecule has 0 saturated carbocycles. The van der Waals surface area contributed by atoms with Crippen molar-refractivity contribution in [2.24, 2.45) is 0 Å². The number of furan rings is 1. The molecule has 0 atom stereocenters. The van der Waals surface area contributed by atoms with Crippen molar-refractivity contribution >= 4 is 27.5 Å². The summed E-state index contributed by atoms with van der Waals surface area (Å²) in [6.07, 6.45) is 2.42. The van der Waals surface area contributed by atoms with Gasteiger partial charge in [-0.15, -0.1) is 11.3 Å². The van der Waals surface area contributed by atoms with Crippen molar-refractivity contribution in [1.29, 1.82) is 0 Å². The van der Waals surface area contributed by atoms with E-state index in [1.165, 1.54) is 11.3 Å². The van der Waals surface area contributed by atoms with E-state index in [0.717, 1.165) is 0 Å². The lowest BCUT2D eigenvalue weighted by atomic mass is 10.2. The third-order valence-electron chi connectivity index (χ3n) is 3.86. The Morgan fingerprint density at radius 2 is 2.32 bits per heavy atom. The van der Waals surface area contributed by atoms with Gasteiger partial charge in [-0.2, -0.15) is 0 Å². The fourth-order valence-corrected chi connectivity index (χ4v) is 3.62. The van der Waals surface area contributed by atoms with Crippen LogP contribution in [0.2, 0.25) is 0 Å². The van der Waals surface area contributed by atoms with Crippen molar-refractivity contribution in [3.05, 3.63) is 40.0 Å².